The monoisotopic (exact) mass is 169 g/mol. The van der Waals surface area contributed by atoms with Gasteiger partial charge in [0.1, 0.15) is 6.04 Å². The predicted molar refractivity (Wildman–Crippen MR) is 33.1 cm³/mol. The zero-order chi connectivity index (χ0) is 8.65. The van der Waals surface area contributed by atoms with Crippen LogP contribution in [0.4, 0.5) is 13.2 Å². The first kappa shape index (κ1) is 8.80. The molecule has 1 atom stereocenters. The Balaban J connectivity index is 2.38. The fourth-order valence-electron chi connectivity index (χ4n) is 1.01. The van der Waals surface area contributed by atoms with Crippen molar-refractivity contribution >= 4 is 0 Å². The Hall–Kier alpha value is -0.290. The minimum Gasteiger partial charge on any atom is -0.390 e. The molecule has 1 rings (SSSR count). The van der Waals surface area contributed by atoms with E-state index in [2.05, 4.69) is 0 Å². The molecule has 1 unspecified atom stereocenters. The average molecular weight is 169 g/mol. The molecule has 1 fully saturated rings. The summed E-state index contributed by atoms with van der Waals surface area (Å²) in [6.45, 7) is 1.38. The lowest BCUT2D eigenvalue weighted by molar-refractivity contribution is -0.199. The van der Waals surface area contributed by atoms with Gasteiger partial charge in [0.2, 0.25) is 0 Å². The van der Waals surface area contributed by atoms with E-state index in [0.29, 0.717) is 0 Å². The summed E-state index contributed by atoms with van der Waals surface area (Å²) in [4.78, 5) is 1.20. The molecule has 66 valence electrons. The van der Waals surface area contributed by atoms with Crippen LogP contribution in [0.25, 0.3) is 0 Å². The van der Waals surface area contributed by atoms with Gasteiger partial charge in [-0.15, -0.1) is 0 Å². The average Bonchev–Trinajstić information content (AvgIpc) is 1.77. The van der Waals surface area contributed by atoms with Gasteiger partial charge in [-0.2, -0.15) is 13.2 Å². The van der Waals surface area contributed by atoms with Gasteiger partial charge in [-0.3, -0.25) is 4.90 Å². The van der Waals surface area contributed by atoms with Crippen molar-refractivity contribution in [1.82, 2.24) is 4.90 Å². The number of alkyl halides is 3. The number of aliphatic hydroxyl groups is 1. The van der Waals surface area contributed by atoms with Crippen LogP contribution >= 0.6 is 0 Å². The third kappa shape index (κ3) is 1.84. The zero-order valence-corrected chi connectivity index (χ0v) is 6.10. The summed E-state index contributed by atoms with van der Waals surface area (Å²) in [6.07, 6.45) is -4.74. The highest BCUT2D eigenvalue weighted by molar-refractivity contribution is 4.86. The molecule has 0 aromatic carbocycles. The van der Waals surface area contributed by atoms with Gasteiger partial charge < -0.3 is 5.11 Å². The van der Waals surface area contributed by atoms with Crippen molar-refractivity contribution < 1.29 is 18.3 Å². The summed E-state index contributed by atoms with van der Waals surface area (Å²) >= 11 is 0. The fraction of sp³-hybridized carbons (Fsp3) is 1.00. The second kappa shape index (κ2) is 2.64. The van der Waals surface area contributed by atoms with Crippen molar-refractivity contribution in [2.24, 2.45) is 0 Å². The van der Waals surface area contributed by atoms with Crippen LogP contribution in [-0.2, 0) is 0 Å². The number of likely N-dealkylation sites (tertiary alicyclic amines) is 1. The van der Waals surface area contributed by atoms with E-state index in [-0.39, 0.29) is 13.1 Å². The van der Waals surface area contributed by atoms with Crippen LogP contribution in [0, 0.1) is 0 Å². The minimum atomic E-state index is -4.17. The maximum absolute atomic E-state index is 11.9. The Kier molecular flexibility index (Phi) is 2.11. The summed E-state index contributed by atoms with van der Waals surface area (Å²) in [7, 11) is 0. The molecular weight excluding hydrogens is 159 g/mol. The molecule has 0 bridgehead atoms. The highest BCUT2D eigenvalue weighted by Crippen LogP contribution is 2.27. The van der Waals surface area contributed by atoms with Crippen LogP contribution in [0.2, 0.25) is 0 Å². The molecule has 0 aliphatic carbocycles. The maximum Gasteiger partial charge on any atom is 0.403 e. The van der Waals surface area contributed by atoms with Crippen LogP contribution in [-0.4, -0.2) is 41.4 Å². The lowest BCUT2D eigenvalue weighted by Crippen LogP contribution is -2.58. The fourth-order valence-corrected chi connectivity index (χ4v) is 1.01. The topological polar surface area (TPSA) is 23.5 Å². The molecule has 5 heteroatoms. The summed E-state index contributed by atoms with van der Waals surface area (Å²) in [5.41, 5.74) is 0. The number of hydrogen-bond acceptors (Lipinski definition) is 2. The number of hydrogen-bond donors (Lipinski definition) is 1. The van der Waals surface area contributed by atoms with E-state index < -0.39 is 18.3 Å². The Morgan fingerprint density at radius 3 is 2.18 bits per heavy atom. The summed E-state index contributed by atoms with van der Waals surface area (Å²) in [5, 5.41) is 8.72. The number of halogens is 3. The first-order chi connectivity index (χ1) is 4.91. The van der Waals surface area contributed by atoms with Crippen LogP contribution < -0.4 is 0 Å². The van der Waals surface area contributed by atoms with Gasteiger partial charge in [0.05, 0.1) is 6.10 Å². The van der Waals surface area contributed by atoms with Gasteiger partial charge in [0.25, 0.3) is 0 Å². The Bertz CT molecular complexity index is 141. The quantitative estimate of drug-likeness (QED) is 0.621. The van der Waals surface area contributed by atoms with E-state index in [1.54, 1.807) is 0 Å². The van der Waals surface area contributed by atoms with E-state index in [1.165, 1.54) is 4.90 Å². The van der Waals surface area contributed by atoms with Gasteiger partial charge in [-0.25, -0.2) is 0 Å². The predicted octanol–water partition coefficient (Wildman–Crippen LogP) is 0.614. The maximum atomic E-state index is 11.9. The smallest absolute Gasteiger partial charge is 0.390 e. The molecule has 0 aromatic rings. The molecule has 1 saturated heterocycles. The highest BCUT2D eigenvalue weighted by atomic mass is 19.4. The summed E-state index contributed by atoms with van der Waals surface area (Å²) in [5.74, 6) is 0. The Morgan fingerprint density at radius 1 is 1.45 bits per heavy atom. The molecule has 1 aliphatic heterocycles. The van der Waals surface area contributed by atoms with E-state index in [0.717, 1.165) is 6.92 Å². The van der Waals surface area contributed by atoms with Crippen molar-refractivity contribution in [3.63, 3.8) is 0 Å². The third-order valence-electron chi connectivity index (χ3n) is 1.91. The first-order valence-electron chi connectivity index (χ1n) is 3.40. The van der Waals surface area contributed by atoms with Crippen LogP contribution in [0.5, 0.6) is 0 Å². The molecule has 1 heterocycles. The Morgan fingerprint density at radius 2 is 1.91 bits per heavy atom. The molecular formula is C6H10F3NO. The normalized spacial score (nSPS) is 24.8. The number of β-amino-alcohol motifs (C(OH)–C–C–N with tert-alkyl or cyclic N) is 1. The van der Waals surface area contributed by atoms with Crippen LogP contribution in [0.3, 0.4) is 0 Å². The lowest BCUT2D eigenvalue weighted by atomic mass is 10.1. The summed E-state index contributed by atoms with van der Waals surface area (Å²) < 4.78 is 35.8. The van der Waals surface area contributed by atoms with E-state index in [1.807, 2.05) is 0 Å². The molecule has 1 N–H and O–H groups in total. The largest absolute Gasteiger partial charge is 0.403 e. The van der Waals surface area contributed by atoms with Crippen molar-refractivity contribution in [3.8, 4) is 0 Å². The van der Waals surface area contributed by atoms with Crippen LogP contribution in [0.1, 0.15) is 6.92 Å². The molecule has 1 aliphatic rings. The second-order valence-electron chi connectivity index (χ2n) is 2.83. The van der Waals surface area contributed by atoms with Gasteiger partial charge in [0.15, 0.2) is 0 Å². The summed E-state index contributed by atoms with van der Waals surface area (Å²) in [6, 6.07) is -1.43. The van der Waals surface area contributed by atoms with Crippen LogP contribution in [0.15, 0.2) is 0 Å². The number of rotatable bonds is 1. The zero-order valence-electron chi connectivity index (χ0n) is 6.10. The lowest BCUT2D eigenvalue weighted by Gasteiger charge is -2.40. The van der Waals surface area contributed by atoms with E-state index in [4.69, 9.17) is 5.11 Å². The van der Waals surface area contributed by atoms with E-state index in [9.17, 15) is 13.2 Å². The van der Waals surface area contributed by atoms with Gasteiger partial charge in [-0.1, -0.05) is 0 Å². The SMILES string of the molecule is CC(N1CC(O)C1)C(F)(F)F. The van der Waals surface area contributed by atoms with Crippen molar-refractivity contribution in [2.45, 2.75) is 25.2 Å². The van der Waals surface area contributed by atoms with Gasteiger partial charge >= 0.3 is 6.18 Å². The molecule has 0 saturated carbocycles. The molecule has 0 amide bonds. The number of aliphatic hydroxyl groups excluding tert-OH is 1. The van der Waals surface area contributed by atoms with Crippen molar-refractivity contribution in [2.75, 3.05) is 13.1 Å². The third-order valence-corrected chi connectivity index (χ3v) is 1.91. The highest BCUT2D eigenvalue weighted by Gasteiger charge is 2.44. The minimum absolute atomic E-state index is 0.140. The standard InChI is InChI=1S/C6H10F3NO/c1-4(6(7,8)9)10-2-5(11)3-10/h4-5,11H,2-3H2,1H3. The molecule has 11 heavy (non-hydrogen) atoms. The van der Waals surface area contributed by atoms with Crippen molar-refractivity contribution in [3.05, 3.63) is 0 Å². The number of nitrogens with zero attached hydrogens (tertiary/aromatic N) is 1. The van der Waals surface area contributed by atoms with Gasteiger partial charge in [-0.05, 0) is 6.92 Å². The van der Waals surface area contributed by atoms with Gasteiger partial charge in [0, 0.05) is 13.1 Å². The van der Waals surface area contributed by atoms with E-state index >= 15 is 0 Å². The molecule has 2 nitrogen and oxygen atoms in total. The van der Waals surface area contributed by atoms with Crippen molar-refractivity contribution in [1.29, 1.82) is 0 Å². The Labute approximate surface area is 62.6 Å². The first-order valence-corrected chi connectivity index (χ1v) is 3.40. The second-order valence-corrected chi connectivity index (χ2v) is 2.83. The molecule has 0 radical (unpaired) electrons. The molecule has 0 spiro atoms. The molecule has 0 aromatic heterocycles.